The fourth-order valence-corrected chi connectivity index (χ4v) is 3.11. The lowest BCUT2D eigenvalue weighted by atomic mass is 9.85. The highest BCUT2D eigenvalue weighted by atomic mass is 19.1. The molecule has 1 fully saturated rings. The molecule has 142 valence electrons. The molecule has 2 heterocycles. The predicted molar refractivity (Wildman–Crippen MR) is 103 cm³/mol. The van der Waals surface area contributed by atoms with Crippen LogP contribution in [-0.2, 0) is 6.54 Å². The summed E-state index contributed by atoms with van der Waals surface area (Å²) < 4.78 is 15.6. The van der Waals surface area contributed by atoms with Gasteiger partial charge in [0.15, 0.2) is 5.82 Å². The van der Waals surface area contributed by atoms with Crippen molar-refractivity contribution in [1.82, 2.24) is 14.8 Å². The predicted octanol–water partition coefficient (Wildman–Crippen LogP) is 4.84. The number of nitrogens with one attached hydrogen (secondary N) is 1. The van der Waals surface area contributed by atoms with Crippen LogP contribution >= 0.6 is 0 Å². The van der Waals surface area contributed by atoms with Gasteiger partial charge >= 0.3 is 5.97 Å². The number of carbonyl (C=O) groups is 1. The fourth-order valence-electron chi connectivity index (χ4n) is 3.11. The molecule has 0 spiro atoms. The molecule has 3 aromatic rings. The van der Waals surface area contributed by atoms with Crippen molar-refractivity contribution in [3.05, 3.63) is 48.0 Å². The fraction of sp³-hybridized carbons (Fsp3) is 0.350. The molecular formula is C20H23FN4O2. The third-order valence-electron chi connectivity index (χ3n) is 4.67. The number of nitrogens with zero attached hydrogens (tertiary/aromatic N) is 3. The van der Waals surface area contributed by atoms with Crippen molar-refractivity contribution in [1.29, 1.82) is 0 Å². The van der Waals surface area contributed by atoms with Crippen molar-refractivity contribution < 1.29 is 14.3 Å². The van der Waals surface area contributed by atoms with E-state index in [-0.39, 0.29) is 11.4 Å². The lowest BCUT2D eigenvalue weighted by Gasteiger charge is -2.25. The molecule has 0 aliphatic heterocycles. The number of carboxylic acid groups (broad SMARTS) is 1. The molecule has 1 aromatic carbocycles. The van der Waals surface area contributed by atoms with Crippen LogP contribution in [0.25, 0.3) is 10.9 Å². The Labute approximate surface area is 157 Å². The minimum Gasteiger partial charge on any atom is -0.478 e. The Morgan fingerprint density at radius 1 is 1.33 bits per heavy atom. The summed E-state index contributed by atoms with van der Waals surface area (Å²) in [7, 11) is 0. The topological polar surface area (TPSA) is 80.0 Å². The largest absolute Gasteiger partial charge is 0.478 e. The molecule has 0 unspecified atom stereocenters. The van der Waals surface area contributed by atoms with Crippen LogP contribution in [0.3, 0.4) is 0 Å². The highest BCUT2D eigenvalue weighted by molar-refractivity contribution is 5.97. The first-order valence-electron chi connectivity index (χ1n) is 9.22. The molecule has 7 heteroatoms. The molecule has 4 rings (SSSR count). The van der Waals surface area contributed by atoms with Gasteiger partial charge in [0.25, 0.3) is 0 Å². The molecule has 27 heavy (non-hydrogen) atoms. The van der Waals surface area contributed by atoms with Crippen LogP contribution in [0, 0.1) is 11.7 Å². The Balaban J connectivity index is 0.00000102. The van der Waals surface area contributed by atoms with Crippen molar-refractivity contribution in [2.45, 2.75) is 39.7 Å². The smallest absolute Gasteiger partial charge is 0.337 e. The van der Waals surface area contributed by atoms with E-state index in [1.165, 1.54) is 49.9 Å². The van der Waals surface area contributed by atoms with Crippen molar-refractivity contribution in [3.8, 4) is 0 Å². The van der Waals surface area contributed by atoms with E-state index in [1.807, 2.05) is 18.5 Å². The third-order valence-corrected chi connectivity index (χ3v) is 4.67. The monoisotopic (exact) mass is 370 g/mol. The van der Waals surface area contributed by atoms with Crippen molar-refractivity contribution in [2.24, 2.45) is 5.92 Å². The van der Waals surface area contributed by atoms with E-state index in [9.17, 15) is 14.3 Å². The van der Waals surface area contributed by atoms with E-state index in [2.05, 4.69) is 15.4 Å². The number of rotatable bonds is 5. The van der Waals surface area contributed by atoms with E-state index in [4.69, 9.17) is 0 Å². The number of aromatic nitrogens is 3. The standard InChI is InChI=1S/C18H17FN4O2.C2H6/c19-12-4-5-16-14(8-12)17(22-23(16)10-11-2-1-3-11)21-15-9-20-7-6-13(15)18(24)25;1-2/h4-9,11H,1-3,10H2,(H,21,22)(H,24,25);1-2H3. The quantitative estimate of drug-likeness (QED) is 0.672. The summed E-state index contributed by atoms with van der Waals surface area (Å²) in [6, 6.07) is 5.96. The maximum atomic E-state index is 13.7. The number of anilines is 2. The van der Waals surface area contributed by atoms with Crippen molar-refractivity contribution in [3.63, 3.8) is 0 Å². The van der Waals surface area contributed by atoms with Crippen LogP contribution < -0.4 is 5.32 Å². The number of pyridine rings is 1. The molecular weight excluding hydrogens is 347 g/mol. The Hall–Kier alpha value is -2.96. The van der Waals surface area contributed by atoms with E-state index in [1.54, 1.807) is 6.07 Å². The van der Waals surface area contributed by atoms with Gasteiger partial charge < -0.3 is 10.4 Å². The molecule has 0 saturated heterocycles. The molecule has 0 amide bonds. The first-order valence-corrected chi connectivity index (χ1v) is 9.22. The highest BCUT2D eigenvalue weighted by Crippen LogP contribution is 2.32. The van der Waals surface area contributed by atoms with Gasteiger partial charge in [0.2, 0.25) is 0 Å². The number of carboxylic acids is 1. The number of hydrogen-bond donors (Lipinski definition) is 2. The lowest BCUT2D eigenvalue weighted by Crippen LogP contribution is -2.18. The van der Waals surface area contributed by atoms with Gasteiger partial charge in [0, 0.05) is 18.1 Å². The van der Waals surface area contributed by atoms with Gasteiger partial charge in [0.05, 0.1) is 23.0 Å². The molecule has 2 aromatic heterocycles. The van der Waals surface area contributed by atoms with E-state index in [0.29, 0.717) is 22.8 Å². The van der Waals surface area contributed by atoms with Crippen LogP contribution in [0.5, 0.6) is 0 Å². The van der Waals surface area contributed by atoms with Crippen LogP contribution in [0.4, 0.5) is 15.9 Å². The average molecular weight is 370 g/mol. The summed E-state index contributed by atoms with van der Waals surface area (Å²) in [4.78, 5) is 15.3. The molecule has 2 N–H and O–H groups in total. The molecule has 1 aliphatic rings. The summed E-state index contributed by atoms with van der Waals surface area (Å²) in [5.74, 6) is -0.393. The zero-order valence-electron chi connectivity index (χ0n) is 15.4. The van der Waals surface area contributed by atoms with E-state index >= 15 is 0 Å². The van der Waals surface area contributed by atoms with Crippen LogP contribution in [0.15, 0.2) is 36.7 Å². The first-order chi connectivity index (χ1) is 13.1. The van der Waals surface area contributed by atoms with Gasteiger partial charge in [-0.3, -0.25) is 9.67 Å². The van der Waals surface area contributed by atoms with Gasteiger partial charge in [-0.15, -0.1) is 0 Å². The lowest BCUT2D eigenvalue weighted by molar-refractivity contribution is 0.0698. The third kappa shape index (κ3) is 3.92. The maximum absolute atomic E-state index is 13.7. The summed E-state index contributed by atoms with van der Waals surface area (Å²) >= 11 is 0. The second kappa shape index (κ2) is 8.16. The van der Waals surface area contributed by atoms with Gasteiger partial charge in [-0.2, -0.15) is 5.10 Å². The van der Waals surface area contributed by atoms with Gasteiger partial charge in [-0.1, -0.05) is 20.3 Å². The maximum Gasteiger partial charge on any atom is 0.337 e. The normalized spacial score (nSPS) is 13.6. The number of halogens is 1. The van der Waals surface area contributed by atoms with Gasteiger partial charge in [-0.05, 0) is 43.0 Å². The first kappa shape index (κ1) is 18.8. The van der Waals surface area contributed by atoms with E-state index < -0.39 is 5.97 Å². The number of fused-ring (bicyclic) bond motifs is 1. The Kier molecular flexibility index (Phi) is 5.69. The zero-order chi connectivity index (χ0) is 19.4. The van der Waals surface area contributed by atoms with Crippen molar-refractivity contribution in [2.75, 3.05) is 5.32 Å². The van der Waals surface area contributed by atoms with Gasteiger partial charge in [0.1, 0.15) is 5.82 Å². The van der Waals surface area contributed by atoms with Gasteiger partial charge in [-0.25, -0.2) is 9.18 Å². The second-order valence-electron chi connectivity index (χ2n) is 6.34. The average Bonchev–Trinajstić information content (AvgIpc) is 2.97. The molecule has 6 nitrogen and oxygen atoms in total. The summed E-state index contributed by atoms with van der Waals surface area (Å²) in [6.07, 6.45) is 6.44. The van der Waals surface area contributed by atoms with Crippen LogP contribution in [0.1, 0.15) is 43.5 Å². The Bertz CT molecular complexity index is 950. The summed E-state index contributed by atoms with van der Waals surface area (Å²) in [5, 5.41) is 17.5. The SMILES string of the molecule is CC.O=C(O)c1ccncc1Nc1nn(CC2CCC2)c2ccc(F)cc12. The molecule has 0 atom stereocenters. The van der Waals surface area contributed by atoms with Crippen LogP contribution in [-0.4, -0.2) is 25.8 Å². The number of hydrogen-bond acceptors (Lipinski definition) is 4. The molecule has 1 aliphatic carbocycles. The summed E-state index contributed by atoms with van der Waals surface area (Å²) in [5.41, 5.74) is 1.25. The van der Waals surface area contributed by atoms with E-state index in [0.717, 1.165) is 12.1 Å². The van der Waals surface area contributed by atoms with Crippen molar-refractivity contribution >= 4 is 28.4 Å². The highest BCUT2D eigenvalue weighted by Gasteiger charge is 2.21. The Morgan fingerprint density at radius 3 is 2.78 bits per heavy atom. The minimum absolute atomic E-state index is 0.0908. The number of benzene rings is 1. The van der Waals surface area contributed by atoms with Crippen LogP contribution in [0.2, 0.25) is 0 Å². The second-order valence-corrected chi connectivity index (χ2v) is 6.34. The minimum atomic E-state index is -1.06. The molecule has 0 radical (unpaired) electrons. The Morgan fingerprint density at radius 2 is 2.11 bits per heavy atom. The summed E-state index contributed by atoms with van der Waals surface area (Å²) in [6.45, 7) is 4.78. The molecule has 1 saturated carbocycles. The molecule has 0 bridgehead atoms. The zero-order valence-corrected chi connectivity index (χ0v) is 15.4. The number of aromatic carboxylic acids is 1.